The fourth-order valence-electron chi connectivity index (χ4n) is 2.21. The van der Waals surface area contributed by atoms with Gasteiger partial charge in [-0.15, -0.1) is 0 Å². The van der Waals surface area contributed by atoms with Crippen molar-refractivity contribution in [2.24, 2.45) is 0 Å². The molecule has 0 bridgehead atoms. The average Bonchev–Trinajstić information content (AvgIpc) is 2.97. The second-order valence-electron chi connectivity index (χ2n) is 5.66. The number of benzene rings is 1. The highest BCUT2D eigenvalue weighted by atomic mass is 15.6. The molecule has 0 aromatic heterocycles. The van der Waals surface area contributed by atoms with Crippen molar-refractivity contribution < 1.29 is 0 Å². The van der Waals surface area contributed by atoms with Crippen molar-refractivity contribution in [3.8, 4) is 0 Å². The summed E-state index contributed by atoms with van der Waals surface area (Å²) in [4.78, 5) is 0. The van der Waals surface area contributed by atoms with Crippen LogP contribution in [0.4, 0.5) is 5.69 Å². The minimum atomic E-state index is 0.0866. The van der Waals surface area contributed by atoms with Gasteiger partial charge in [-0.05, 0) is 39.8 Å². The molecule has 0 radical (unpaired) electrons. The molecule has 94 valence electrons. The van der Waals surface area contributed by atoms with E-state index in [0.717, 1.165) is 6.54 Å². The van der Waals surface area contributed by atoms with E-state index < -0.39 is 0 Å². The van der Waals surface area contributed by atoms with Crippen molar-refractivity contribution in [1.29, 1.82) is 0 Å². The molecular formula is C14H23N3. The van der Waals surface area contributed by atoms with Crippen LogP contribution in [0.1, 0.15) is 27.7 Å². The Morgan fingerprint density at radius 3 is 2.47 bits per heavy atom. The number of para-hydroxylation sites is 1. The third-order valence-electron chi connectivity index (χ3n) is 3.11. The zero-order chi connectivity index (χ0) is 12.5. The summed E-state index contributed by atoms with van der Waals surface area (Å²) in [6.45, 7) is 9.98. The van der Waals surface area contributed by atoms with E-state index in [0.29, 0.717) is 12.1 Å². The largest absolute Gasteiger partial charge is 0.378 e. The monoisotopic (exact) mass is 233 g/mol. The van der Waals surface area contributed by atoms with Crippen LogP contribution in [0.5, 0.6) is 0 Å². The molecule has 1 saturated heterocycles. The van der Waals surface area contributed by atoms with Gasteiger partial charge in [0.15, 0.2) is 0 Å². The van der Waals surface area contributed by atoms with Crippen molar-refractivity contribution >= 4 is 5.69 Å². The van der Waals surface area contributed by atoms with Crippen LogP contribution in [0.15, 0.2) is 30.3 Å². The minimum absolute atomic E-state index is 0.0866. The first-order valence-corrected chi connectivity index (χ1v) is 6.35. The second-order valence-corrected chi connectivity index (χ2v) is 5.66. The number of nitrogens with one attached hydrogen (secondary N) is 2. The lowest BCUT2D eigenvalue weighted by atomic mass is 10.0. The predicted octanol–water partition coefficient (Wildman–Crippen LogP) is 2.47. The lowest BCUT2D eigenvalue weighted by Gasteiger charge is -2.28. The standard InChI is InChI=1S/C14H23N3/c1-11(2)16-17-10-13(17)14(3,4)15-12-8-6-5-7-9-12/h5-9,11,13,15-16H,10H2,1-4H3. The molecule has 2 atom stereocenters. The topological polar surface area (TPSA) is 27.1 Å². The van der Waals surface area contributed by atoms with Gasteiger partial charge in [0.1, 0.15) is 0 Å². The maximum atomic E-state index is 3.60. The van der Waals surface area contributed by atoms with Crippen LogP contribution in [-0.4, -0.2) is 29.2 Å². The maximum Gasteiger partial charge on any atom is 0.0610 e. The molecule has 1 fully saturated rings. The van der Waals surface area contributed by atoms with E-state index in [1.807, 2.05) is 6.07 Å². The van der Waals surface area contributed by atoms with Gasteiger partial charge in [0.25, 0.3) is 0 Å². The Balaban J connectivity index is 1.92. The summed E-state index contributed by atoms with van der Waals surface area (Å²) < 4.78 is 0. The van der Waals surface area contributed by atoms with Crippen LogP contribution in [0, 0.1) is 0 Å². The molecule has 1 aromatic rings. The molecule has 3 nitrogen and oxygen atoms in total. The van der Waals surface area contributed by atoms with Crippen LogP contribution < -0.4 is 10.7 Å². The number of rotatable bonds is 5. The summed E-state index contributed by atoms with van der Waals surface area (Å²) in [5.74, 6) is 0. The first-order valence-electron chi connectivity index (χ1n) is 6.35. The van der Waals surface area contributed by atoms with E-state index in [2.05, 4.69) is 67.7 Å². The minimum Gasteiger partial charge on any atom is -0.378 e. The summed E-state index contributed by atoms with van der Waals surface area (Å²) in [5.41, 5.74) is 4.73. The number of hydrazine groups is 1. The molecule has 2 N–H and O–H groups in total. The van der Waals surface area contributed by atoms with Gasteiger partial charge in [-0.3, -0.25) is 5.43 Å². The fraction of sp³-hybridized carbons (Fsp3) is 0.571. The Hall–Kier alpha value is -1.06. The van der Waals surface area contributed by atoms with Crippen LogP contribution >= 0.6 is 0 Å². The molecule has 1 aliphatic heterocycles. The van der Waals surface area contributed by atoms with Gasteiger partial charge in [-0.1, -0.05) is 18.2 Å². The normalized spacial score (nSPS) is 23.8. The van der Waals surface area contributed by atoms with Crippen LogP contribution in [0.25, 0.3) is 0 Å². The van der Waals surface area contributed by atoms with Gasteiger partial charge in [0, 0.05) is 23.8 Å². The first-order chi connectivity index (χ1) is 7.99. The van der Waals surface area contributed by atoms with E-state index in [4.69, 9.17) is 0 Å². The van der Waals surface area contributed by atoms with Crippen molar-refractivity contribution in [3.05, 3.63) is 30.3 Å². The third-order valence-corrected chi connectivity index (χ3v) is 3.11. The average molecular weight is 233 g/mol. The van der Waals surface area contributed by atoms with Crippen molar-refractivity contribution in [3.63, 3.8) is 0 Å². The Bertz CT molecular complexity index is 359. The fourth-order valence-corrected chi connectivity index (χ4v) is 2.21. The molecule has 1 aliphatic rings. The van der Waals surface area contributed by atoms with Gasteiger partial charge in [0.2, 0.25) is 0 Å². The first kappa shape index (κ1) is 12.4. The summed E-state index contributed by atoms with van der Waals surface area (Å²) in [7, 11) is 0. The molecular weight excluding hydrogens is 210 g/mol. The van der Waals surface area contributed by atoms with E-state index in [1.165, 1.54) is 5.69 Å². The van der Waals surface area contributed by atoms with E-state index in [9.17, 15) is 0 Å². The molecule has 1 aromatic carbocycles. The number of nitrogens with zero attached hydrogens (tertiary/aromatic N) is 1. The van der Waals surface area contributed by atoms with Crippen LogP contribution in [-0.2, 0) is 0 Å². The number of hydrogen-bond acceptors (Lipinski definition) is 3. The third kappa shape index (κ3) is 3.20. The van der Waals surface area contributed by atoms with Crippen molar-refractivity contribution in [1.82, 2.24) is 10.4 Å². The SMILES string of the molecule is CC(C)NN1CC1C(C)(C)Nc1ccccc1. The summed E-state index contributed by atoms with van der Waals surface area (Å²) in [6.07, 6.45) is 0. The lowest BCUT2D eigenvalue weighted by molar-refractivity contribution is 0.300. The highest BCUT2D eigenvalue weighted by Gasteiger charge is 2.46. The molecule has 1 heterocycles. The molecule has 2 rings (SSSR count). The van der Waals surface area contributed by atoms with Gasteiger partial charge >= 0.3 is 0 Å². The zero-order valence-electron chi connectivity index (χ0n) is 11.2. The van der Waals surface area contributed by atoms with Gasteiger partial charge in [-0.2, -0.15) is 0 Å². The van der Waals surface area contributed by atoms with Gasteiger partial charge in [-0.25, -0.2) is 5.01 Å². The smallest absolute Gasteiger partial charge is 0.0610 e. The highest BCUT2D eigenvalue weighted by molar-refractivity contribution is 5.45. The maximum absolute atomic E-state index is 3.60. The lowest BCUT2D eigenvalue weighted by Crippen LogP contribution is -2.42. The molecule has 3 heteroatoms. The number of anilines is 1. The summed E-state index contributed by atoms with van der Waals surface area (Å²) in [5, 5.41) is 5.91. The Morgan fingerprint density at radius 2 is 1.88 bits per heavy atom. The quantitative estimate of drug-likeness (QED) is 0.765. The Labute approximate surface area is 104 Å². The molecule has 2 unspecified atom stereocenters. The molecule has 0 amide bonds. The van der Waals surface area contributed by atoms with Crippen molar-refractivity contribution in [2.75, 3.05) is 11.9 Å². The van der Waals surface area contributed by atoms with Gasteiger partial charge in [0.05, 0.1) is 6.04 Å². The van der Waals surface area contributed by atoms with Gasteiger partial charge < -0.3 is 5.32 Å². The molecule has 0 saturated carbocycles. The van der Waals surface area contributed by atoms with E-state index in [1.54, 1.807) is 0 Å². The zero-order valence-corrected chi connectivity index (χ0v) is 11.2. The van der Waals surface area contributed by atoms with E-state index in [-0.39, 0.29) is 5.54 Å². The predicted molar refractivity (Wildman–Crippen MR) is 72.9 cm³/mol. The van der Waals surface area contributed by atoms with Crippen molar-refractivity contribution in [2.45, 2.75) is 45.3 Å². The van der Waals surface area contributed by atoms with E-state index >= 15 is 0 Å². The second kappa shape index (κ2) is 4.67. The Morgan fingerprint density at radius 1 is 1.24 bits per heavy atom. The highest BCUT2D eigenvalue weighted by Crippen LogP contribution is 2.29. The molecule has 0 aliphatic carbocycles. The molecule has 0 spiro atoms. The molecule has 17 heavy (non-hydrogen) atoms. The summed E-state index contributed by atoms with van der Waals surface area (Å²) >= 11 is 0. The van der Waals surface area contributed by atoms with Crippen LogP contribution in [0.2, 0.25) is 0 Å². The Kier molecular flexibility index (Phi) is 3.40. The number of hydrogen-bond donors (Lipinski definition) is 2. The van der Waals surface area contributed by atoms with Crippen LogP contribution in [0.3, 0.4) is 0 Å². The summed E-state index contributed by atoms with van der Waals surface area (Å²) in [6, 6.07) is 11.5.